The van der Waals surface area contributed by atoms with E-state index in [2.05, 4.69) is 4.98 Å². The Kier molecular flexibility index (Phi) is 6.70. The largest absolute Gasteiger partial charge is 0.342 e. The van der Waals surface area contributed by atoms with Crippen LogP contribution in [0.4, 0.5) is 0 Å². The van der Waals surface area contributed by atoms with Gasteiger partial charge in [0.15, 0.2) is 0 Å². The molecule has 2 saturated heterocycles. The number of aryl methyl sites for hydroxylation is 1. The SMILES string of the molecule is O=C(CCc1ccc(S(=O)(=O)N2CCCCC2)cc1)N1CCCC(c2nc3ccccc3[nH]2)C1. The zero-order valence-corrected chi connectivity index (χ0v) is 20.3. The van der Waals surface area contributed by atoms with E-state index >= 15 is 0 Å². The predicted molar refractivity (Wildman–Crippen MR) is 132 cm³/mol. The molecular formula is C26H32N4O3S. The maximum Gasteiger partial charge on any atom is 0.243 e. The third-order valence-electron chi connectivity index (χ3n) is 7.07. The molecule has 34 heavy (non-hydrogen) atoms. The van der Waals surface area contributed by atoms with Crippen LogP contribution in [0.3, 0.4) is 0 Å². The number of nitrogens with zero attached hydrogens (tertiary/aromatic N) is 3. The van der Waals surface area contributed by atoms with Crippen LogP contribution in [0, 0.1) is 0 Å². The molecule has 3 aromatic rings. The van der Waals surface area contributed by atoms with Crippen molar-refractivity contribution in [2.24, 2.45) is 0 Å². The number of piperidine rings is 2. The van der Waals surface area contributed by atoms with E-state index in [0.717, 1.165) is 61.1 Å². The fraction of sp³-hybridized carbons (Fsp3) is 0.462. The number of benzene rings is 2. The van der Waals surface area contributed by atoms with Gasteiger partial charge in [-0.15, -0.1) is 0 Å². The summed E-state index contributed by atoms with van der Waals surface area (Å²) >= 11 is 0. The minimum Gasteiger partial charge on any atom is -0.342 e. The number of hydrogen-bond donors (Lipinski definition) is 1. The lowest BCUT2D eigenvalue weighted by Gasteiger charge is -2.32. The predicted octanol–water partition coefficient (Wildman–Crippen LogP) is 4.08. The Morgan fingerprint density at radius 3 is 2.50 bits per heavy atom. The molecule has 0 bridgehead atoms. The molecule has 0 aliphatic carbocycles. The van der Waals surface area contributed by atoms with Crippen molar-refractivity contribution in [1.82, 2.24) is 19.2 Å². The molecule has 1 amide bonds. The topological polar surface area (TPSA) is 86.4 Å². The van der Waals surface area contributed by atoms with E-state index in [1.807, 2.05) is 41.3 Å². The average molecular weight is 481 g/mol. The second kappa shape index (κ2) is 9.88. The summed E-state index contributed by atoms with van der Waals surface area (Å²) < 4.78 is 27.3. The highest BCUT2D eigenvalue weighted by molar-refractivity contribution is 7.89. The highest BCUT2D eigenvalue weighted by atomic mass is 32.2. The molecule has 1 N–H and O–H groups in total. The number of para-hydroxylation sites is 2. The molecule has 2 aromatic carbocycles. The molecule has 0 radical (unpaired) electrons. The van der Waals surface area contributed by atoms with Crippen LogP contribution >= 0.6 is 0 Å². The van der Waals surface area contributed by atoms with Crippen LogP contribution < -0.4 is 0 Å². The third kappa shape index (κ3) is 4.88. The number of amides is 1. The van der Waals surface area contributed by atoms with Gasteiger partial charge in [-0.25, -0.2) is 13.4 Å². The number of imidazole rings is 1. The first-order valence-electron chi connectivity index (χ1n) is 12.3. The molecular weight excluding hydrogens is 448 g/mol. The van der Waals surface area contributed by atoms with Gasteiger partial charge >= 0.3 is 0 Å². The Morgan fingerprint density at radius 2 is 1.74 bits per heavy atom. The summed E-state index contributed by atoms with van der Waals surface area (Å²) in [6, 6.07) is 15.1. The normalized spacial score (nSPS) is 20.0. The van der Waals surface area contributed by atoms with E-state index in [0.29, 0.717) is 37.4 Å². The molecule has 2 aliphatic heterocycles. The monoisotopic (exact) mass is 480 g/mol. The van der Waals surface area contributed by atoms with Crippen molar-refractivity contribution in [1.29, 1.82) is 0 Å². The standard InChI is InChI=1S/C26H32N4O3S/c31-25(29-16-6-7-21(19-29)26-27-23-8-2-3-9-24(23)28-26)15-12-20-10-13-22(14-11-20)34(32,33)30-17-4-1-5-18-30/h2-3,8-11,13-14,21H,1,4-7,12,15-19H2,(H,27,28). The molecule has 2 fully saturated rings. The van der Waals surface area contributed by atoms with Crippen molar-refractivity contribution in [3.05, 3.63) is 59.9 Å². The third-order valence-corrected chi connectivity index (χ3v) is 8.99. The number of nitrogens with one attached hydrogen (secondary N) is 1. The number of sulfonamides is 1. The zero-order chi connectivity index (χ0) is 23.5. The number of aromatic amines is 1. The van der Waals surface area contributed by atoms with Gasteiger partial charge in [0, 0.05) is 38.5 Å². The summed E-state index contributed by atoms with van der Waals surface area (Å²) in [5, 5.41) is 0. The summed E-state index contributed by atoms with van der Waals surface area (Å²) in [6.07, 6.45) is 5.96. The number of rotatable bonds is 6. The number of fused-ring (bicyclic) bond motifs is 1. The van der Waals surface area contributed by atoms with Gasteiger partial charge in [-0.1, -0.05) is 30.7 Å². The molecule has 2 aliphatic rings. The Morgan fingerprint density at radius 1 is 0.971 bits per heavy atom. The minimum absolute atomic E-state index is 0.144. The smallest absolute Gasteiger partial charge is 0.243 e. The molecule has 3 heterocycles. The molecule has 5 rings (SSSR count). The van der Waals surface area contributed by atoms with Gasteiger partial charge < -0.3 is 9.88 Å². The summed E-state index contributed by atoms with van der Waals surface area (Å²) in [4.78, 5) is 23.4. The highest BCUT2D eigenvalue weighted by Gasteiger charge is 2.27. The van der Waals surface area contributed by atoms with Crippen molar-refractivity contribution in [2.45, 2.75) is 55.8 Å². The maximum atomic E-state index is 12.9. The van der Waals surface area contributed by atoms with Crippen LogP contribution in [-0.4, -0.2) is 59.7 Å². The van der Waals surface area contributed by atoms with Gasteiger partial charge in [0.05, 0.1) is 15.9 Å². The van der Waals surface area contributed by atoms with Crippen LogP contribution in [0.2, 0.25) is 0 Å². The quantitative estimate of drug-likeness (QED) is 0.576. The van der Waals surface area contributed by atoms with Gasteiger partial charge in [-0.05, 0) is 61.9 Å². The number of aromatic nitrogens is 2. The van der Waals surface area contributed by atoms with Gasteiger partial charge in [0.1, 0.15) is 5.82 Å². The van der Waals surface area contributed by atoms with Gasteiger partial charge in [-0.2, -0.15) is 4.31 Å². The summed E-state index contributed by atoms with van der Waals surface area (Å²) in [5.41, 5.74) is 2.98. The lowest BCUT2D eigenvalue weighted by atomic mass is 9.97. The minimum atomic E-state index is -3.42. The van der Waals surface area contributed by atoms with E-state index in [1.54, 1.807) is 16.4 Å². The summed E-state index contributed by atoms with van der Waals surface area (Å²) in [6.45, 7) is 2.67. The van der Waals surface area contributed by atoms with Crippen molar-refractivity contribution in [3.63, 3.8) is 0 Å². The summed E-state index contributed by atoms with van der Waals surface area (Å²) in [7, 11) is -3.42. The van der Waals surface area contributed by atoms with Crippen LogP contribution in [0.1, 0.15) is 55.8 Å². The van der Waals surface area contributed by atoms with Crippen molar-refractivity contribution in [2.75, 3.05) is 26.2 Å². The molecule has 7 nitrogen and oxygen atoms in total. The Bertz CT molecular complexity index is 1210. The van der Waals surface area contributed by atoms with E-state index in [9.17, 15) is 13.2 Å². The van der Waals surface area contributed by atoms with Crippen LogP contribution in [0.15, 0.2) is 53.4 Å². The van der Waals surface area contributed by atoms with E-state index < -0.39 is 10.0 Å². The lowest BCUT2D eigenvalue weighted by Crippen LogP contribution is -2.39. The Balaban J connectivity index is 1.17. The number of hydrogen-bond acceptors (Lipinski definition) is 4. The molecule has 8 heteroatoms. The highest BCUT2D eigenvalue weighted by Crippen LogP contribution is 2.27. The second-order valence-corrected chi connectivity index (χ2v) is 11.4. The summed E-state index contributed by atoms with van der Waals surface area (Å²) in [5.74, 6) is 1.33. The lowest BCUT2D eigenvalue weighted by molar-refractivity contribution is -0.132. The van der Waals surface area contributed by atoms with E-state index in [-0.39, 0.29) is 11.8 Å². The maximum absolute atomic E-state index is 12.9. The molecule has 0 saturated carbocycles. The van der Waals surface area contributed by atoms with Crippen LogP contribution in [-0.2, 0) is 21.2 Å². The molecule has 1 aromatic heterocycles. The first-order valence-corrected chi connectivity index (χ1v) is 13.8. The second-order valence-electron chi connectivity index (χ2n) is 9.43. The molecule has 1 atom stereocenters. The van der Waals surface area contributed by atoms with Crippen LogP contribution in [0.5, 0.6) is 0 Å². The molecule has 180 valence electrons. The zero-order valence-electron chi connectivity index (χ0n) is 19.4. The molecule has 0 spiro atoms. The van der Waals surface area contributed by atoms with E-state index in [4.69, 9.17) is 4.98 Å². The number of H-pyrrole nitrogens is 1. The van der Waals surface area contributed by atoms with Crippen LogP contribution in [0.25, 0.3) is 11.0 Å². The number of likely N-dealkylation sites (tertiary alicyclic amines) is 1. The van der Waals surface area contributed by atoms with Gasteiger partial charge in [0.2, 0.25) is 15.9 Å². The molecule has 1 unspecified atom stereocenters. The van der Waals surface area contributed by atoms with E-state index in [1.165, 1.54) is 0 Å². The first kappa shape index (κ1) is 23.1. The van der Waals surface area contributed by atoms with Gasteiger partial charge in [0.25, 0.3) is 0 Å². The first-order chi connectivity index (χ1) is 16.5. The number of carbonyl (C=O) groups is 1. The number of carbonyl (C=O) groups excluding carboxylic acids is 1. The average Bonchev–Trinajstić information content (AvgIpc) is 3.33. The van der Waals surface area contributed by atoms with Crippen molar-refractivity contribution >= 4 is 27.0 Å². The Labute approximate surface area is 201 Å². The Hall–Kier alpha value is -2.71. The fourth-order valence-corrected chi connectivity index (χ4v) is 6.60. The van der Waals surface area contributed by atoms with Crippen molar-refractivity contribution < 1.29 is 13.2 Å². The van der Waals surface area contributed by atoms with Crippen molar-refractivity contribution in [3.8, 4) is 0 Å². The fourth-order valence-electron chi connectivity index (χ4n) is 5.08. The van der Waals surface area contributed by atoms with Gasteiger partial charge in [-0.3, -0.25) is 4.79 Å².